The van der Waals surface area contributed by atoms with E-state index < -0.39 is 29.6 Å². The second-order valence-electron chi connectivity index (χ2n) is 2.71. The molecule has 16 heavy (non-hydrogen) atoms. The highest BCUT2D eigenvalue weighted by atomic mass is 79.9. The molecule has 0 aliphatic heterocycles. The van der Waals surface area contributed by atoms with E-state index in [2.05, 4.69) is 25.7 Å². The average molecular weight is 306 g/mol. The van der Waals surface area contributed by atoms with E-state index in [4.69, 9.17) is 0 Å². The van der Waals surface area contributed by atoms with Gasteiger partial charge in [-0.15, -0.1) is 0 Å². The molecule has 1 rings (SSSR count). The maximum absolute atomic E-state index is 12.5. The molecule has 1 aromatic heterocycles. The van der Waals surface area contributed by atoms with E-state index >= 15 is 0 Å². The van der Waals surface area contributed by atoms with Crippen molar-refractivity contribution in [2.24, 2.45) is 0 Å². The zero-order valence-electron chi connectivity index (χ0n) is 7.78. The summed E-state index contributed by atoms with van der Waals surface area (Å²) in [5, 5.41) is 0. The van der Waals surface area contributed by atoms with Crippen LogP contribution in [0.5, 0.6) is 5.75 Å². The SMILES string of the molecule is COc1cc(Br)nc(C(F)F)c1C(F)(F)F. The summed E-state index contributed by atoms with van der Waals surface area (Å²) in [4.78, 5) is 3.11. The van der Waals surface area contributed by atoms with Gasteiger partial charge in [0.2, 0.25) is 0 Å². The van der Waals surface area contributed by atoms with Gasteiger partial charge in [-0.2, -0.15) is 13.2 Å². The number of nitrogens with zero attached hydrogens (tertiary/aromatic N) is 1. The van der Waals surface area contributed by atoms with Crippen LogP contribution in [-0.4, -0.2) is 12.1 Å². The van der Waals surface area contributed by atoms with E-state index in [1.165, 1.54) is 0 Å². The predicted octanol–water partition coefficient (Wildman–Crippen LogP) is 3.81. The van der Waals surface area contributed by atoms with Crippen LogP contribution in [0.25, 0.3) is 0 Å². The Bertz CT molecular complexity index is 393. The molecule has 0 N–H and O–H groups in total. The van der Waals surface area contributed by atoms with E-state index in [1.807, 2.05) is 0 Å². The summed E-state index contributed by atoms with van der Waals surface area (Å²) in [6.45, 7) is 0. The zero-order chi connectivity index (χ0) is 12.5. The van der Waals surface area contributed by atoms with Crippen LogP contribution >= 0.6 is 15.9 Å². The van der Waals surface area contributed by atoms with Crippen molar-refractivity contribution in [3.8, 4) is 5.75 Å². The van der Waals surface area contributed by atoms with Crippen molar-refractivity contribution < 1.29 is 26.7 Å². The number of rotatable bonds is 2. The Morgan fingerprint density at radius 1 is 1.38 bits per heavy atom. The first kappa shape index (κ1) is 13.1. The van der Waals surface area contributed by atoms with Gasteiger partial charge in [0, 0.05) is 6.07 Å². The number of pyridine rings is 1. The molecule has 90 valence electrons. The number of aromatic nitrogens is 1. The molecule has 1 aromatic rings. The van der Waals surface area contributed by atoms with Gasteiger partial charge in [-0.25, -0.2) is 13.8 Å². The fraction of sp³-hybridized carbons (Fsp3) is 0.375. The van der Waals surface area contributed by atoms with Crippen LogP contribution < -0.4 is 4.74 Å². The van der Waals surface area contributed by atoms with Crippen molar-refractivity contribution in [3.63, 3.8) is 0 Å². The van der Waals surface area contributed by atoms with Crippen molar-refractivity contribution in [1.82, 2.24) is 4.98 Å². The highest BCUT2D eigenvalue weighted by Crippen LogP contribution is 2.42. The normalized spacial score (nSPS) is 12.0. The average Bonchev–Trinajstić information content (AvgIpc) is 2.14. The fourth-order valence-corrected chi connectivity index (χ4v) is 1.51. The molecule has 0 saturated carbocycles. The van der Waals surface area contributed by atoms with E-state index in [1.54, 1.807) is 0 Å². The first-order chi connectivity index (χ1) is 7.27. The summed E-state index contributed by atoms with van der Waals surface area (Å²) in [5.74, 6) is -0.690. The molecule has 2 nitrogen and oxygen atoms in total. The number of halogens is 6. The molecule has 0 aromatic carbocycles. The number of alkyl halides is 5. The summed E-state index contributed by atoms with van der Waals surface area (Å²) in [5.41, 5.74) is -2.90. The van der Waals surface area contributed by atoms with Gasteiger partial charge >= 0.3 is 6.18 Å². The Balaban J connectivity index is 3.52. The topological polar surface area (TPSA) is 22.1 Å². The molecule has 0 amide bonds. The largest absolute Gasteiger partial charge is 0.496 e. The number of methoxy groups -OCH3 is 1. The molecule has 0 bridgehead atoms. The predicted molar refractivity (Wildman–Crippen MR) is 48.4 cm³/mol. The fourth-order valence-electron chi connectivity index (χ4n) is 1.11. The maximum Gasteiger partial charge on any atom is 0.421 e. The lowest BCUT2D eigenvalue weighted by Gasteiger charge is -2.15. The number of hydrogen-bond acceptors (Lipinski definition) is 2. The maximum atomic E-state index is 12.5. The molecule has 0 spiro atoms. The molecule has 0 fully saturated rings. The summed E-state index contributed by atoms with van der Waals surface area (Å²) in [6, 6.07) is 0.884. The van der Waals surface area contributed by atoms with Gasteiger partial charge in [0.25, 0.3) is 6.43 Å². The van der Waals surface area contributed by atoms with Crippen molar-refractivity contribution in [1.29, 1.82) is 0 Å². The summed E-state index contributed by atoms with van der Waals surface area (Å²) < 4.78 is 66.7. The first-order valence-corrected chi connectivity index (χ1v) is 4.66. The molecule has 0 saturated heterocycles. The minimum Gasteiger partial charge on any atom is -0.496 e. The summed E-state index contributed by atoms with van der Waals surface area (Å²) in [6.07, 6.45) is -8.27. The Labute approximate surface area is 95.6 Å². The monoisotopic (exact) mass is 305 g/mol. The second-order valence-corrected chi connectivity index (χ2v) is 3.52. The molecule has 0 radical (unpaired) electrons. The minimum absolute atomic E-state index is 0.146. The Morgan fingerprint density at radius 2 is 1.94 bits per heavy atom. The molecule has 1 heterocycles. The molecule has 8 heteroatoms. The number of ether oxygens (including phenoxy) is 1. The van der Waals surface area contributed by atoms with Crippen LogP contribution in [0.2, 0.25) is 0 Å². The molecule has 0 atom stereocenters. The van der Waals surface area contributed by atoms with Gasteiger partial charge in [-0.3, -0.25) is 0 Å². The standard InChI is InChI=1S/C8H5BrF5NO/c1-16-3-2-4(9)15-6(7(10)11)5(3)8(12,13)14/h2,7H,1H3. The van der Waals surface area contributed by atoms with Crippen molar-refractivity contribution in [3.05, 3.63) is 21.9 Å². The molecular weight excluding hydrogens is 301 g/mol. The summed E-state index contributed by atoms with van der Waals surface area (Å²) in [7, 11) is 0.965. The third kappa shape index (κ3) is 2.60. The van der Waals surface area contributed by atoms with E-state index in [-0.39, 0.29) is 4.60 Å². The lowest BCUT2D eigenvalue weighted by Crippen LogP contribution is -2.13. The van der Waals surface area contributed by atoms with Crippen LogP contribution in [0.4, 0.5) is 22.0 Å². The lowest BCUT2D eigenvalue weighted by molar-refractivity contribution is -0.141. The van der Waals surface area contributed by atoms with Gasteiger partial charge in [0.1, 0.15) is 21.6 Å². The third-order valence-corrected chi connectivity index (χ3v) is 2.10. The highest BCUT2D eigenvalue weighted by molar-refractivity contribution is 9.10. The van der Waals surface area contributed by atoms with E-state index in [0.29, 0.717) is 0 Å². The van der Waals surface area contributed by atoms with Crippen LogP contribution in [0.15, 0.2) is 10.7 Å². The first-order valence-electron chi connectivity index (χ1n) is 3.87. The van der Waals surface area contributed by atoms with E-state index in [9.17, 15) is 22.0 Å². The van der Waals surface area contributed by atoms with E-state index in [0.717, 1.165) is 13.2 Å². The molecular formula is C8H5BrF5NO. The molecule has 0 aliphatic rings. The van der Waals surface area contributed by atoms with Crippen LogP contribution in [0.1, 0.15) is 17.7 Å². The van der Waals surface area contributed by atoms with Gasteiger partial charge in [0.15, 0.2) is 0 Å². The Morgan fingerprint density at radius 3 is 2.31 bits per heavy atom. The van der Waals surface area contributed by atoms with Crippen molar-refractivity contribution in [2.45, 2.75) is 12.6 Å². The number of hydrogen-bond donors (Lipinski definition) is 0. The van der Waals surface area contributed by atoms with Crippen LogP contribution in [-0.2, 0) is 6.18 Å². The minimum atomic E-state index is -4.94. The molecule has 0 aliphatic carbocycles. The zero-order valence-corrected chi connectivity index (χ0v) is 9.36. The van der Waals surface area contributed by atoms with Crippen molar-refractivity contribution in [2.75, 3.05) is 7.11 Å². The van der Waals surface area contributed by atoms with Crippen LogP contribution in [0.3, 0.4) is 0 Å². The highest BCUT2D eigenvalue weighted by Gasteiger charge is 2.40. The molecule has 0 unspecified atom stereocenters. The lowest BCUT2D eigenvalue weighted by atomic mass is 10.1. The van der Waals surface area contributed by atoms with Gasteiger partial charge < -0.3 is 4.74 Å². The second kappa shape index (κ2) is 4.52. The third-order valence-electron chi connectivity index (χ3n) is 1.69. The van der Waals surface area contributed by atoms with Crippen LogP contribution in [0, 0.1) is 0 Å². The van der Waals surface area contributed by atoms with Gasteiger partial charge in [-0.1, -0.05) is 0 Å². The quantitative estimate of drug-likeness (QED) is 0.612. The van der Waals surface area contributed by atoms with Gasteiger partial charge in [0.05, 0.1) is 7.11 Å². The Hall–Kier alpha value is -0.920. The smallest absolute Gasteiger partial charge is 0.421 e. The Kier molecular flexibility index (Phi) is 3.72. The van der Waals surface area contributed by atoms with Crippen molar-refractivity contribution >= 4 is 15.9 Å². The van der Waals surface area contributed by atoms with Gasteiger partial charge in [-0.05, 0) is 15.9 Å². The summed E-state index contributed by atoms with van der Waals surface area (Å²) >= 11 is 2.73.